The van der Waals surface area contributed by atoms with Gasteiger partial charge in [-0.3, -0.25) is 9.52 Å². The van der Waals surface area contributed by atoms with Crippen molar-refractivity contribution in [3.8, 4) is 5.75 Å². The summed E-state index contributed by atoms with van der Waals surface area (Å²) in [5.41, 5.74) is 2.06. The first-order valence-electron chi connectivity index (χ1n) is 7.91. The van der Waals surface area contributed by atoms with E-state index < -0.39 is 10.0 Å². The lowest BCUT2D eigenvalue weighted by atomic mass is 10.1. The number of nitrogens with one attached hydrogen (secondary N) is 1. The highest BCUT2D eigenvalue weighted by Crippen LogP contribution is 2.34. The molecule has 0 bridgehead atoms. The molecule has 0 fully saturated rings. The van der Waals surface area contributed by atoms with Gasteiger partial charge in [0.15, 0.2) is 0 Å². The van der Waals surface area contributed by atoms with E-state index in [4.69, 9.17) is 4.74 Å². The number of fused-ring (bicyclic) bond motifs is 1. The number of hydrogen-bond donors (Lipinski definition) is 1. The molecule has 1 atom stereocenters. The first-order valence-corrected chi connectivity index (χ1v) is 9.40. The fourth-order valence-corrected chi connectivity index (χ4v) is 4.25. The molecule has 0 saturated heterocycles. The number of ether oxygens (including phenoxy) is 1. The van der Waals surface area contributed by atoms with E-state index in [0.717, 1.165) is 11.3 Å². The van der Waals surface area contributed by atoms with Crippen molar-refractivity contribution in [1.82, 2.24) is 0 Å². The Hall–Kier alpha value is -2.54. The summed E-state index contributed by atoms with van der Waals surface area (Å²) in [6, 6.07) is 11.6. The summed E-state index contributed by atoms with van der Waals surface area (Å²) in [5, 5.41) is 0. The Labute approximate surface area is 147 Å². The van der Waals surface area contributed by atoms with Crippen molar-refractivity contribution < 1.29 is 17.9 Å². The van der Waals surface area contributed by atoms with Crippen LogP contribution in [-0.2, 0) is 21.2 Å². The Bertz CT molecular complexity index is 924. The van der Waals surface area contributed by atoms with Crippen LogP contribution < -0.4 is 14.4 Å². The van der Waals surface area contributed by atoms with Gasteiger partial charge in [0.2, 0.25) is 5.91 Å². The van der Waals surface area contributed by atoms with Crippen LogP contribution in [0.5, 0.6) is 5.75 Å². The summed E-state index contributed by atoms with van der Waals surface area (Å²) in [4.78, 5) is 13.7. The van der Waals surface area contributed by atoms with E-state index in [1.807, 2.05) is 6.92 Å². The van der Waals surface area contributed by atoms with Gasteiger partial charge in [-0.25, -0.2) is 8.42 Å². The first kappa shape index (κ1) is 17.3. The maximum atomic E-state index is 12.7. The van der Waals surface area contributed by atoms with Crippen LogP contribution in [-0.4, -0.2) is 27.5 Å². The Kier molecular flexibility index (Phi) is 4.43. The van der Waals surface area contributed by atoms with Crippen molar-refractivity contribution in [2.75, 3.05) is 16.7 Å². The summed E-state index contributed by atoms with van der Waals surface area (Å²) in [5.74, 6) is 0.524. The first-order chi connectivity index (χ1) is 11.8. The maximum absolute atomic E-state index is 12.7. The van der Waals surface area contributed by atoms with Crippen LogP contribution in [0.4, 0.5) is 11.4 Å². The number of carbonyl (C=O) groups is 1. The second-order valence-electron chi connectivity index (χ2n) is 6.07. The fourth-order valence-electron chi connectivity index (χ4n) is 3.16. The van der Waals surface area contributed by atoms with Gasteiger partial charge in [-0.2, -0.15) is 0 Å². The third-order valence-corrected chi connectivity index (χ3v) is 5.62. The number of hydrogen-bond acceptors (Lipinski definition) is 4. The van der Waals surface area contributed by atoms with Crippen LogP contribution in [0.25, 0.3) is 0 Å². The largest absolute Gasteiger partial charge is 0.497 e. The van der Waals surface area contributed by atoms with Crippen molar-refractivity contribution in [3.05, 3.63) is 48.0 Å². The lowest BCUT2D eigenvalue weighted by molar-refractivity contribution is -0.116. The Balaban J connectivity index is 1.91. The van der Waals surface area contributed by atoms with Gasteiger partial charge in [0.25, 0.3) is 10.0 Å². The van der Waals surface area contributed by atoms with E-state index >= 15 is 0 Å². The van der Waals surface area contributed by atoms with E-state index in [2.05, 4.69) is 4.72 Å². The van der Waals surface area contributed by atoms with Gasteiger partial charge in [0.05, 0.1) is 17.7 Å². The normalized spacial score (nSPS) is 16.4. The number of carbonyl (C=O) groups excluding carboxylic acids is 1. The summed E-state index contributed by atoms with van der Waals surface area (Å²) in [6.07, 6.45) is 0.636. The third-order valence-electron chi connectivity index (χ3n) is 4.24. The molecule has 1 N–H and O–H groups in total. The molecule has 1 aliphatic heterocycles. The number of nitrogens with zero attached hydrogens (tertiary/aromatic N) is 1. The van der Waals surface area contributed by atoms with Gasteiger partial charge in [0.1, 0.15) is 5.75 Å². The highest BCUT2D eigenvalue weighted by molar-refractivity contribution is 7.92. The minimum Gasteiger partial charge on any atom is -0.497 e. The molecule has 3 rings (SSSR count). The van der Waals surface area contributed by atoms with Crippen LogP contribution in [0, 0.1) is 0 Å². The second kappa shape index (κ2) is 6.40. The SMILES string of the molecule is COc1cccc(NS(=O)(=O)c2ccc3c(c2)CC(C)N3C(C)=O)c1. The molecule has 2 aromatic carbocycles. The standard InChI is InChI=1S/C18H20N2O4S/c1-12-9-14-10-17(7-8-18(14)20(12)13(2)21)25(22,23)19-15-5-4-6-16(11-15)24-3/h4-8,10-12,19H,9H2,1-3H3. The zero-order chi connectivity index (χ0) is 18.2. The molecule has 0 aromatic heterocycles. The van der Waals surface area contributed by atoms with Crippen LogP contribution in [0.1, 0.15) is 19.4 Å². The smallest absolute Gasteiger partial charge is 0.261 e. The zero-order valence-electron chi connectivity index (χ0n) is 14.3. The molecule has 1 aliphatic rings. The van der Waals surface area contributed by atoms with E-state index in [1.165, 1.54) is 20.1 Å². The Morgan fingerprint density at radius 2 is 2.00 bits per heavy atom. The van der Waals surface area contributed by atoms with Gasteiger partial charge in [-0.15, -0.1) is 0 Å². The topological polar surface area (TPSA) is 75.7 Å². The van der Waals surface area contributed by atoms with E-state index in [0.29, 0.717) is 17.9 Å². The molecule has 0 saturated carbocycles. The van der Waals surface area contributed by atoms with Crippen molar-refractivity contribution in [2.24, 2.45) is 0 Å². The summed E-state index contributed by atoms with van der Waals surface area (Å²) in [6.45, 7) is 3.46. The average molecular weight is 360 g/mol. The Morgan fingerprint density at radius 1 is 1.24 bits per heavy atom. The quantitative estimate of drug-likeness (QED) is 0.910. The second-order valence-corrected chi connectivity index (χ2v) is 7.75. The summed E-state index contributed by atoms with van der Waals surface area (Å²) >= 11 is 0. The highest BCUT2D eigenvalue weighted by atomic mass is 32.2. The zero-order valence-corrected chi connectivity index (χ0v) is 15.1. The van der Waals surface area contributed by atoms with Gasteiger partial charge in [-0.1, -0.05) is 6.07 Å². The number of sulfonamides is 1. The molecular formula is C18H20N2O4S. The number of methoxy groups -OCH3 is 1. The predicted octanol–water partition coefficient (Wildman–Crippen LogP) is 2.79. The molecule has 0 radical (unpaired) electrons. The van der Waals surface area contributed by atoms with Gasteiger partial charge in [-0.05, 0) is 49.2 Å². The van der Waals surface area contributed by atoms with Gasteiger partial charge in [0, 0.05) is 24.7 Å². The number of amides is 1. The van der Waals surface area contributed by atoms with Crippen molar-refractivity contribution in [3.63, 3.8) is 0 Å². The minimum atomic E-state index is -3.72. The predicted molar refractivity (Wildman–Crippen MR) is 96.6 cm³/mol. The lowest BCUT2D eigenvalue weighted by Gasteiger charge is -2.20. The number of rotatable bonds is 4. The molecule has 1 heterocycles. The third kappa shape index (κ3) is 3.32. The molecule has 132 valence electrons. The number of anilines is 2. The minimum absolute atomic E-state index is 0.0248. The number of benzene rings is 2. The highest BCUT2D eigenvalue weighted by Gasteiger charge is 2.30. The molecule has 25 heavy (non-hydrogen) atoms. The fraction of sp³-hybridized carbons (Fsp3) is 0.278. The molecule has 7 heteroatoms. The molecular weight excluding hydrogens is 340 g/mol. The molecule has 6 nitrogen and oxygen atoms in total. The van der Waals surface area contributed by atoms with E-state index in [-0.39, 0.29) is 16.8 Å². The van der Waals surface area contributed by atoms with Crippen LogP contribution in [0.3, 0.4) is 0 Å². The summed E-state index contributed by atoms with van der Waals surface area (Å²) in [7, 11) is -2.20. The Morgan fingerprint density at radius 3 is 2.68 bits per heavy atom. The van der Waals surface area contributed by atoms with Crippen molar-refractivity contribution in [1.29, 1.82) is 0 Å². The maximum Gasteiger partial charge on any atom is 0.261 e. The van der Waals surface area contributed by atoms with E-state index in [1.54, 1.807) is 41.3 Å². The van der Waals surface area contributed by atoms with Crippen LogP contribution >= 0.6 is 0 Å². The monoisotopic (exact) mass is 360 g/mol. The molecule has 2 aromatic rings. The molecule has 0 aliphatic carbocycles. The lowest BCUT2D eigenvalue weighted by Crippen LogP contribution is -2.33. The molecule has 1 amide bonds. The van der Waals surface area contributed by atoms with Crippen LogP contribution in [0.15, 0.2) is 47.4 Å². The van der Waals surface area contributed by atoms with E-state index in [9.17, 15) is 13.2 Å². The summed E-state index contributed by atoms with van der Waals surface area (Å²) < 4.78 is 33.0. The average Bonchev–Trinajstić information content (AvgIpc) is 2.89. The van der Waals surface area contributed by atoms with Gasteiger partial charge < -0.3 is 9.64 Å². The molecule has 0 spiro atoms. The van der Waals surface area contributed by atoms with Gasteiger partial charge >= 0.3 is 0 Å². The van der Waals surface area contributed by atoms with Crippen molar-refractivity contribution in [2.45, 2.75) is 31.2 Å². The van der Waals surface area contributed by atoms with Crippen molar-refractivity contribution >= 4 is 27.3 Å². The van der Waals surface area contributed by atoms with Crippen LogP contribution in [0.2, 0.25) is 0 Å². The molecule has 1 unspecified atom stereocenters.